The van der Waals surface area contributed by atoms with Gasteiger partial charge in [0.05, 0.1) is 18.4 Å². The normalized spacial score (nSPS) is 19.4. The van der Waals surface area contributed by atoms with Gasteiger partial charge in [-0.15, -0.1) is 0 Å². The number of halogens is 1. The van der Waals surface area contributed by atoms with Crippen molar-refractivity contribution >= 4 is 11.6 Å². The number of nitrogens with zero attached hydrogens (tertiary/aromatic N) is 1. The molecule has 0 bridgehead atoms. The van der Waals surface area contributed by atoms with E-state index in [1.807, 2.05) is 7.05 Å². The molecule has 1 atom stereocenters. The van der Waals surface area contributed by atoms with Gasteiger partial charge in [0.2, 0.25) is 5.91 Å². The Labute approximate surface area is 124 Å². The summed E-state index contributed by atoms with van der Waals surface area (Å²) in [5.41, 5.74) is 0.234. The maximum Gasteiger partial charge on any atom is 0.225 e. The van der Waals surface area contributed by atoms with Crippen LogP contribution in [0.1, 0.15) is 6.42 Å². The van der Waals surface area contributed by atoms with Crippen LogP contribution in [0.25, 0.3) is 0 Å². The van der Waals surface area contributed by atoms with Gasteiger partial charge in [0.15, 0.2) is 0 Å². The predicted molar refractivity (Wildman–Crippen MR) is 79.8 cm³/mol. The summed E-state index contributed by atoms with van der Waals surface area (Å²) in [5, 5.41) is 5.69. The zero-order chi connectivity index (χ0) is 15.1. The van der Waals surface area contributed by atoms with E-state index < -0.39 is 5.82 Å². The van der Waals surface area contributed by atoms with Crippen molar-refractivity contribution < 1.29 is 13.9 Å². The van der Waals surface area contributed by atoms with Gasteiger partial charge in [0.25, 0.3) is 0 Å². The lowest BCUT2D eigenvalue weighted by atomic mass is 10.2. The molecule has 2 rings (SSSR count). The second kappa shape index (κ2) is 8.07. The third-order valence-electron chi connectivity index (χ3n) is 3.46. The Bertz CT molecular complexity index is 468. The van der Waals surface area contributed by atoms with Crippen LogP contribution in [-0.4, -0.2) is 56.7 Å². The fourth-order valence-corrected chi connectivity index (χ4v) is 2.37. The highest BCUT2D eigenvalue weighted by Crippen LogP contribution is 2.13. The number of hydrogen-bond donors (Lipinski definition) is 2. The summed E-state index contributed by atoms with van der Waals surface area (Å²) in [5.74, 6) is -0.580. The molecule has 1 fully saturated rings. The number of carbonyl (C=O) groups is 1. The fourth-order valence-electron chi connectivity index (χ4n) is 2.37. The van der Waals surface area contributed by atoms with Gasteiger partial charge in [0.1, 0.15) is 5.82 Å². The quantitative estimate of drug-likeness (QED) is 0.824. The lowest BCUT2D eigenvalue weighted by molar-refractivity contribution is -0.117. The van der Waals surface area contributed by atoms with Crippen LogP contribution in [0.5, 0.6) is 0 Å². The molecule has 0 aromatic heterocycles. The summed E-state index contributed by atoms with van der Waals surface area (Å²) in [7, 11) is 1.89. The molecule has 116 valence electrons. The molecule has 0 spiro atoms. The summed E-state index contributed by atoms with van der Waals surface area (Å²) < 4.78 is 19.0. The Morgan fingerprint density at radius 3 is 3.05 bits per heavy atom. The van der Waals surface area contributed by atoms with Crippen molar-refractivity contribution in [1.82, 2.24) is 10.2 Å². The second-order valence-electron chi connectivity index (χ2n) is 5.13. The highest BCUT2D eigenvalue weighted by atomic mass is 19.1. The summed E-state index contributed by atoms with van der Waals surface area (Å²) in [6.45, 7) is 3.78. The number of amides is 1. The molecule has 0 aliphatic carbocycles. The molecule has 1 saturated heterocycles. The average Bonchev–Trinajstić information content (AvgIpc) is 2.48. The van der Waals surface area contributed by atoms with Gasteiger partial charge in [-0.25, -0.2) is 4.39 Å². The molecule has 0 saturated carbocycles. The SMILES string of the molecule is CNCC1CN(CCC(=O)Nc2ccccc2F)CCO1. The number of para-hydroxylation sites is 1. The van der Waals surface area contributed by atoms with Crippen LogP contribution in [-0.2, 0) is 9.53 Å². The van der Waals surface area contributed by atoms with Crippen molar-refractivity contribution in [3.63, 3.8) is 0 Å². The first kappa shape index (κ1) is 15.9. The molecule has 1 unspecified atom stereocenters. The van der Waals surface area contributed by atoms with E-state index in [0.717, 1.165) is 19.6 Å². The topological polar surface area (TPSA) is 53.6 Å². The number of ether oxygens (including phenoxy) is 1. The number of benzene rings is 1. The highest BCUT2D eigenvalue weighted by molar-refractivity contribution is 5.90. The molecule has 21 heavy (non-hydrogen) atoms. The van der Waals surface area contributed by atoms with Gasteiger partial charge in [-0.05, 0) is 19.2 Å². The van der Waals surface area contributed by atoms with Crippen LogP contribution in [0.2, 0.25) is 0 Å². The van der Waals surface area contributed by atoms with Crippen LogP contribution in [0.3, 0.4) is 0 Å². The molecule has 1 aliphatic heterocycles. The lowest BCUT2D eigenvalue weighted by Gasteiger charge is -2.32. The Kier molecular flexibility index (Phi) is 6.10. The predicted octanol–water partition coefficient (Wildman–Crippen LogP) is 1.07. The third kappa shape index (κ3) is 5.08. The molecule has 1 aliphatic rings. The first-order valence-electron chi connectivity index (χ1n) is 7.22. The first-order valence-corrected chi connectivity index (χ1v) is 7.22. The number of likely N-dealkylation sites (N-methyl/N-ethyl adjacent to an activating group) is 1. The van der Waals surface area contributed by atoms with Crippen LogP contribution in [0.15, 0.2) is 24.3 Å². The minimum absolute atomic E-state index is 0.165. The number of anilines is 1. The van der Waals surface area contributed by atoms with E-state index in [1.54, 1.807) is 18.2 Å². The Hall–Kier alpha value is -1.50. The van der Waals surface area contributed by atoms with E-state index in [1.165, 1.54) is 6.07 Å². The maximum atomic E-state index is 13.4. The second-order valence-corrected chi connectivity index (χ2v) is 5.13. The number of hydrogen-bond acceptors (Lipinski definition) is 4. The number of rotatable bonds is 6. The summed E-state index contributed by atoms with van der Waals surface area (Å²) in [6.07, 6.45) is 0.513. The van der Waals surface area contributed by atoms with Crippen molar-refractivity contribution in [3.8, 4) is 0 Å². The van der Waals surface area contributed by atoms with Crippen molar-refractivity contribution in [1.29, 1.82) is 0 Å². The molecular formula is C15H22FN3O2. The van der Waals surface area contributed by atoms with Crippen molar-refractivity contribution in [2.75, 3.05) is 45.2 Å². The highest BCUT2D eigenvalue weighted by Gasteiger charge is 2.20. The average molecular weight is 295 g/mol. The maximum absolute atomic E-state index is 13.4. The monoisotopic (exact) mass is 295 g/mol. The van der Waals surface area contributed by atoms with Crippen LogP contribution < -0.4 is 10.6 Å². The van der Waals surface area contributed by atoms with Gasteiger partial charge in [-0.3, -0.25) is 9.69 Å². The van der Waals surface area contributed by atoms with Gasteiger partial charge >= 0.3 is 0 Å². The van der Waals surface area contributed by atoms with Crippen molar-refractivity contribution in [2.45, 2.75) is 12.5 Å². The molecule has 0 radical (unpaired) electrons. The fraction of sp³-hybridized carbons (Fsp3) is 0.533. The van der Waals surface area contributed by atoms with Crippen LogP contribution in [0.4, 0.5) is 10.1 Å². The van der Waals surface area contributed by atoms with Gasteiger partial charge < -0.3 is 15.4 Å². The van der Waals surface area contributed by atoms with E-state index in [-0.39, 0.29) is 17.7 Å². The molecule has 1 heterocycles. The minimum Gasteiger partial charge on any atom is -0.374 e. The van der Waals surface area contributed by atoms with E-state index >= 15 is 0 Å². The van der Waals surface area contributed by atoms with E-state index in [4.69, 9.17) is 4.74 Å². The number of nitrogens with one attached hydrogen (secondary N) is 2. The largest absolute Gasteiger partial charge is 0.374 e. The summed E-state index contributed by atoms with van der Waals surface area (Å²) in [4.78, 5) is 14.1. The molecule has 2 N–H and O–H groups in total. The third-order valence-corrected chi connectivity index (χ3v) is 3.46. The molecule has 1 aromatic carbocycles. The van der Waals surface area contributed by atoms with Crippen molar-refractivity contribution in [2.24, 2.45) is 0 Å². The Balaban J connectivity index is 1.75. The zero-order valence-electron chi connectivity index (χ0n) is 12.3. The zero-order valence-corrected chi connectivity index (χ0v) is 12.3. The Morgan fingerprint density at radius 1 is 1.48 bits per heavy atom. The van der Waals surface area contributed by atoms with E-state index in [0.29, 0.717) is 19.6 Å². The smallest absolute Gasteiger partial charge is 0.225 e. The summed E-state index contributed by atoms with van der Waals surface area (Å²) >= 11 is 0. The standard InChI is InChI=1S/C15H22FN3O2/c1-17-10-12-11-19(8-9-21-12)7-6-15(20)18-14-5-3-2-4-13(14)16/h2-5,12,17H,6-11H2,1H3,(H,18,20). The molecule has 5 nitrogen and oxygen atoms in total. The Morgan fingerprint density at radius 2 is 2.29 bits per heavy atom. The van der Waals surface area contributed by atoms with Gasteiger partial charge in [-0.2, -0.15) is 0 Å². The first-order chi connectivity index (χ1) is 10.2. The van der Waals surface area contributed by atoms with Crippen LogP contribution in [0, 0.1) is 5.82 Å². The number of morpholine rings is 1. The van der Waals surface area contributed by atoms with Gasteiger partial charge in [0, 0.05) is 32.6 Å². The molecule has 6 heteroatoms. The van der Waals surface area contributed by atoms with Gasteiger partial charge in [-0.1, -0.05) is 12.1 Å². The van der Waals surface area contributed by atoms with E-state index in [2.05, 4.69) is 15.5 Å². The summed E-state index contributed by atoms with van der Waals surface area (Å²) in [6, 6.07) is 6.19. The molecular weight excluding hydrogens is 273 g/mol. The molecule has 1 aromatic rings. The lowest BCUT2D eigenvalue weighted by Crippen LogP contribution is -2.46. The van der Waals surface area contributed by atoms with Crippen LogP contribution >= 0.6 is 0 Å². The number of carbonyl (C=O) groups excluding carboxylic acids is 1. The van der Waals surface area contributed by atoms with Crippen molar-refractivity contribution in [3.05, 3.63) is 30.1 Å². The minimum atomic E-state index is -0.411. The molecule has 1 amide bonds. The van der Waals surface area contributed by atoms with E-state index in [9.17, 15) is 9.18 Å².